The lowest BCUT2D eigenvalue weighted by Crippen LogP contribution is -2.27. The minimum atomic E-state index is -3.77. The van der Waals surface area contributed by atoms with Crippen LogP contribution in [0, 0.1) is 5.82 Å². The van der Waals surface area contributed by atoms with Gasteiger partial charge in [0.15, 0.2) is 0 Å². The molecule has 3 nitrogen and oxygen atoms in total. The zero-order valence-electron chi connectivity index (χ0n) is 10.3. The van der Waals surface area contributed by atoms with E-state index in [-0.39, 0.29) is 10.6 Å². The van der Waals surface area contributed by atoms with Crippen molar-refractivity contribution in [1.29, 1.82) is 0 Å². The molecule has 106 valence electrons. The summed E-state index contributed by atoms with van der Waals surface area (Å²) in [4.78, 5) is 0.110. The van der Waals surface area contributed by atoms with Gasteiger partial charge in [0.05, 0.1) is 5.69 Å². The number of sulfonamides is 1. The summed E-state index contributed by atoms with van der Waals surface area (Å²) in [5.74, 6) is -0.488. The Hall–Kier alpha value is -0.920. The third kappa shape index (κ3) is 3.05. The molecule has 0 bridgehead atoms. The van der Waals surface area contributed by atoms with Crippen molar-refractivity contribution >= 4 is 47.6 Å². The lowest BCUT2D eigenvalue weighted by atomic mass is 10.3. The van der Waals surface area contributed by atoms with E-state index in [1.165, 1.54) is 37.4 Å². The van der Waals surface area contributed by atoms with Crippen molar-refractivity contribution in [1.82, 2.24) is 0 Å². The highest BCUT2D eigenvalue weighted by Gasteiger charge is 2.24. The van der Waals surface area contributed by atoms with Crippen LogP contribution in [0.4, 0.5) is 10.1 Å². The van der Waals surface area contributed by atoms with Gasteiger partial charge in [-0.2, -0.15) is 0 Å². The minimum Gasteiger partial charge on any atom is -0.269 e. The first-order valence-electron chi connectivity index (χ1n) is 5.52. The number of hydrogen-bond acceptors (Lipinski definition) is 2. The van der Waals surface area contributed by atoms with Crippen molar-refractivity contribution in [2.75, 3.05) is 11.4 Å². The molecule has 0 saturated heterocycles. The van der Waals surface area contributed by atoms with Crippen molar-refractivity contribution in [3.05, 3.63) is 57.2 Å². The molecule has 0 aliphatic rings. The van der Waals surface area contributed by atoms with Crippen LogP contribution in [-0.2, 0) is 10.0 Å². The molecule has 2 rings (SSSR count). The van der Waals surface area contributed by atoms with E-state index < -0.39 is 15.8 Å². The molecule has 0 N–H and O–H groups in total. The van der Waals surface area contributed by atoms with E-state index in [1.54, 1.807) is 12.1 Å². The SMILES string of the molecule is CN(c1cccc(F)c1)S(=O)(=O)c1cc(Br)ccc1Br. The molecule has 2 aromatic rings. The van der Waals surface area contributed by atoms with Gasteiger partial charge < -0.3 is 0 Å². The van der Waals surface area contributed by atoms with E-state index in [1.807, 2.05) is 0 Å². The summed E-state index contributed by atoms with van der Waals surface area (Å²) in [5, 5.41) is 0. The Labute approximate surface area is 133 Å². The Morgan fingerprint density at radius 3 is 2.45 bits per heavy atom. The zero-order valence-corrected chi connectivity index (χ0v) is 14.3. The molecule has 0 fully saturated rings. The van der Waals surface area contributed by atoms with Gasteiger partial charge in [-0.1, -0.05) is 22.0 Å². The molecule has 0 radical (unpaired) electrons. The number of hydrogen-bond donors (Lipinski definition) is 0. The van der Waals surface area contributed by atoms with Crippen LogP contribution < -0.4 is 4.31 Å². The standard InChI is InChI=1S/C13H10Br2FNO2S/c1-17(11-4-2-3-10(16)8-11)20(18,19)13-7-9(14)5-6-12(13)15/h2-8H,1H3. The molecule has 2 aromatic carbocycles. The predicted molar refractivity (Wildman–Crippen MR) is 83.8 cm³/mol. The van der Waals surface area contributed by atoms with Crippen LogP contribution in [-0.4, -0.2) is 15.5 Å². The van der Waals surface area contributed by atoms with E-state index in [4.69, 9.17) is 0 Å². The average Bonchev–Trinajstić information content (AvgIpc) is 2.40. The summed E-state index contributed by atoms with van der Waals surface area (Å²) in [6.45, 7) is 0. The maximum absolute atomic E-state index is 13.2. The Kier molecular flexibility index (Phi) is 4.51. The Balaban J connectivity index is 2.52. The van der Waals surface area contributed by atoms with Gasteiger partial charge in [0.1, 0.15) is 10.7 Å². The number of benzene rings is 2. The summed E-state index contributed by atoms with van der Waals surface area (Å²) in [6, 6.07) is 10.3. The number of halogens is 3. The van der Waals surface area contributed by atoms with Gasteiger partial charge in [0.2, 0.25) is 0 Å². The number of anilines is 1. The van der Waals surface area contributed by atoms with E-state index in [0.717, 1.165) is 4.31 Å². The summed E-state index contributed by atoms with van der Waals surface area (Å²) in [7, 11) is -2.39. The van der Waals surface area contributed by atoms with Crippen LogP contribution >= 0.6 is 31.9 Å². The number of rotatable bonds is 3. The third-order valence-electron chi connectivity index (χ3n) is 2.70. The normalized spacial score (nSPS) is 11.4. The highest BCUT2D eigenvalue weighted by Crippen LogP contribution is 2.30. The third-order valence-corrected chi connectivity index (χ3v) is 5.98. The molecule has 7 heteroatoms. The second-order valence-corrected chi connectivity index (χ2v) is 7.73. The van der Waals surface area contributed by atoms with Crippen molar-refractivity contribution in [2.24, 2.45) is 0 Å². The average molecular weight is 423 g/mol. The molecule has 0 aliphatic heterocycles. The van der Waals surface area contributed by atoms with E-state index in [0.29, 0.717) is 8.95 Å². The van der Waals surface area contributed by atoms with Gasteiger partial charge in [-0.15, -0.1) is 0 Å². The first-order valence-corrected chi connectivity index (χ1v) is 8.54. The largest absolute Gasteiger partial charge is 0.269 e. The first-order chi connectivity index (χ1) is 9.32. The van der Waals surface area contributed by atoms with Crippen LogP contribution in [0.5, 0.6) is 0 Å². The van der Waals surface area contributed by atoms with E-state index >= 15 is 0 Å². The molecular weight excluding hydrogens is 413 g/mol. The molecule has 0 unspecified atom stereocenters. The maximum atomic E-state index is 13.2. The van der Waals surface area contributed by atoms with Gasteiger partial charge in [0, 0.05) is 16.0 Å². The monoisotopic (exact) mass is 421 g/mol. The fourth-order valence-electron chi connectivity index (χ4n) is 1.63. The molecule has 0 aliphatic carbocycles. The molecule has 0 spiro atoms. The predicted octanol–water partition coefficient (Wildman–Crippen LogP) is 4.18. The molecule has 0 amide bonds. The van der Waals surface area contributed by atoms with Crippen molar-refractivity contribution in [3.8, 4) is 0 Å². The minimum absolute atomic E-state index is 0.110. The summed E-state index contributed by atoms with van der Waals surface area (Å²) < 4.78 is 40.5. The fourth-order valence-corrected chi connectivity index (χ4v) is 4.28. The Morgan fingerprint density at radius 2 is 1.80 bits per heavy atom. The zero-order chi connectivity index (χ0) is 14.9. The lowest BCUT2D eigenvalue weighted by Gasteiger charge is -2.20. The Morgan fingerprint density at radius 1 is 1.10 bits per heavy atom. The highest BCUT2D eigenvalue weighted by atomic mass is 79.9. The van der Waals surface area contributed by atoms with Crippen molar-refractivity contribution in [3.63, 3.8) is 0 Å². The smallest absolute Gasteiger partial charge is 0.265 e. The lowest BCUT2D eigenvalue weighted by molar-refractivity contribution is 0.593. The van der Waals surface area contributed by atoms with Crippen LogP contribution in [0.25, 0.3) is 0 Å². The number of nitrogens with zero attached hydrogens (tertiary/aromatic N) is 1. The van der Waals surface area contributed by atoms with E-state index in [9.17, 15) is 12.8 Å². The van der Waals surface area contributed by atoms with Crippen LogP contribution in [0.15, 0.2) is 56.3 Å². The molecule has 0 saturated carbocycles. The second-order valence-electron chi connectivity index (χ2n) is 4.03. The van der Waals surface area contributed by atoms with Crippen LogP contribution in [0.2, 0.25) is 0 Å². The quantitative estimate of drug-likeness (QED) is 0.744. The Bertz CT molecular complexity index is 750. The molecule has 0 heterocycles. The van der Waals surface area contributed by atoms with Crippen molar-refractivity contribution < 1.29 is 12.8 Å². The van der Waals surface area contributed by atoms with Gasteiger partial charge >= 0.3 is 0 Å². The van der Waals surface area contributed by atoms with Gasteiger partial charge in [-0.05, 0) is 52.3 Å². The molecule has 20 heavy (non-hydrogen) atoms. The second kappa shape index (κ2) is 5.83. The topological polar surface area (TPSA) is 37.4 Å². The fraction of sp³-hybridized carbons (Fsp3) is 0.0769. The summed E-state index contributed by atoms with van der Waals surface area (Å²) in [6.07, 6.45) is 0. The van der Waals surface area contributed by atoms with Crippen molar-refractivity contribution in [2.45, 2.75) is 4.90 Å². The van der Waals surface area contributed by atoms with Crippen LogP contribution in [0.3, 0.4) is 0 Å². The maximum Gasteiger partial charge on any atom is 0.265 e. The molecule has 0 aromatic heterocycles. The van der Waals surface area contributed by atoms with Gasteiger partial charge in [0.25, 0.3) is 10.0 Å². The van der Waals surface area contributed by atoms with Crippen LogP contribution in [0.1, 0.15) is 0 Å². The van der Waals surface area contributed by atoms with Gasteiger partial charge in [-0.25, -0.2) is 12.8 Å². The summed E-state index contributed by atoms with van der Waals surface area (Å²) >= 11 is 6.46. The van der Waals surface area contributed by atoms with Gasteiger partial charge in [-0.3, -0.25) is 4.31 Å². The first kappa shape index (κ1) is 15.5. The molecular formula is C13H10Br2FNO2S. The van der Waals surface area contributed by atoms with E-state index in [2.05, 4.69) is 31.9 Å². The highest BCUT2D eigenvalue weighted by molar-refractivity contribution is 9.11. The molecule has 0 atom stereocenters. The summed E-state index contributed by atoms with van der Waals surface area (Å²) in [5.41, 5.74) is 0.261.